The molecule has 1 saturated carbocycles. The molecule has 4 aliphatic rings. The number of para-hydroxylation sites is 1. The van der Waals surface area contributed by atoms with Crippen LogP contribution in [0.3, 0.4) is 0 Å². The van der Waals surface area contributed by atoms with Gasteiger partial charge in [-0.2, -0.15) is 0 Å². The van der Waals surface area contributed by atoms with E-state index >= 15 is 0 Å². The SMILES string of the molecule is COC(=O)c1cc(OC)c2nc(CN3CCN(c4cccc5c4OC(C)(c4ccc(Cl)cn4)O5)[C@@H]4CC[C@H]43)n(C[C@@H]3CCO3)c2c1. The molecule has 4 aromatic rings. The number of halogens is 1. The Labute approximate surface area is 271 Å². The number of methoxy groups -OCH3 is 2. The predicted molar refractivity (Wildman–Crippen MR) is 171 cm³/mol. The molecule has 1 unspecified atom stereocenters. The maximum atomic E-state index is 12.5. The summed E-state index contributed by atoms with van der Waals surface area (Å²) in [6.07, 6.45) is 4.91. The van der Waals surface area contributed by atoms with Crippen LogP contribution in [0.1, 0.15) is 48.1 Å². The molecule has 0 amide bonds. The van der Waals surface area contributed by atoms with E-state index in [2.05, 4.69) is 25.4 Å². The molecule has 4 atom stereocenters. The number of nitrogens with zero attached hydrogens (tertiary/aromatic N) is 5. The molecular formula is C34H36ClN5O6. The lowest BCUT2D eigenvalue weighted by Crippen LogP contribution is -2.64. The van der Waals surface area contributed by atoms with Crippen LogP contribution in [0.5, 0.6) is 17.2 Å². The second-order valence-corrected chi connectivity index (χ2v) is 12.9. The van der Waals surface area contributed by atoms with Crippen LogP contribution in [0.25, 0.3) is 11.0 Å². The number of piperazine rings is 1. The van der Waals surface area contributed by atoms with Gasteiger partial charge in [0.15, 0.2) is 11.5 Å². The number of fused-ring (bicyclic) bond motifs is 3. The molecule has 0 radical (unpaired) electrons. The van der Waals surface area contributed by atoms with Crippen LogP contribution in [0.2, 0.25) is 5.02 Å². The van der Waals surface area contributed by atoms with Crippen molar-refractivity contribution in [3.63, 3.8) is 0 Å². The zero-order valence-electron chi connectivity index (χ0n) is 26.1. The van der Waals surface area contributed by atoms with Crippen LogP contribution >= 0.6 is 11.6 Å². The number of aromatic nitrogens is 3. The van der Waals surface area contributed by atoms with Gasteiger partial charge in [0.2, 0.25) is 0 Å². The fourth-order valence-electron chi connectivity index (χ4n) is 7.17. The van der Waals surface area contributed by atoms with Gasteiger partial charge in [-0.15, -0.1) is 0 Å². The number of benzene rings is 2. The van der Waals surface area contributed by atoms with E-state index < -0.39 is 11.8 Å². The van der Waals surface area contributed by atoms with Crippen molar-refractivity contribution in [1.29, 1.82) is 0 Å². The van der Waals surface area contributed by atoms with E-state index in [0.717, 1.165) is 67.3 Å². The van der Waals surface area contributed by atoms with Crippen LogP contribution in [0, 0.1) is 0 Å². The standard InChI is InChI=1S/C34H36ClN5O6/c1-34(29-10-7-21(35)17-36-29)45-27-6-4-5-25(32(27)46-34)39-13-12-38(23-8-9-24(23)39)19-30-37-31-26(40(30)18-22-11-14-44-22)15-20(33(41)43-3)16-28(31)42-2/h4-7,10,15-17,22-24H,8-9,11-14,18-19H2,1-3H3/t22-,23+,24+,34?/m0/s1. The molecular weight excluding hydrogens is 610 g/mol. The van der Waals surface area contributed by atoms with Crippen molar-refractivity contribution in [3.05, 3.63) is 70.8 Å². The minimum absolute atomic E-state index is 0.119. The molecule has 5 heterocycles. The van der Waals surface area contributed by atoms with Crippen LogP contribution in [-0.4, -0.2) is 77.5 Å². The van der Waals surface area contributed by atoms with Crippen molar-refractivity contribution < 1.29 is 28.5 Å². The number of hydrogen-bond acceptors (Lipinski definition) is 10. The number of pyridine rings is 1. The lowest BCUT2D eigenvalue weighted by Gasteiger charge is -2.54. The molecule has 8 rings (SSSR count). The molecule has 0 spiro atoms. The van der Waals surface area contributed by atoms with Crippen molar-refractivity contribution >= 4 is 34.3 Å². The largest absolute Gasteiger partial charge is 0.494 e. The Bertz CT molecular complexity index is 1810. The van der Waals surface area contributed by atoms with Gasteiger partial charge in [0.1, 0.15) is 22.8 Å². The van der Waals surface area contributed by atoms with E-state index in [1.165, 1.54) is 7.11 Å². The van der Waals surface area contributed by atoms with E-state index in [-0.39, 0.29) is 6.10 Å². The lowest BCUT2D eigenvalue weighted by atomic mass is 9.81. The maximum Gasteiger partial charge on any atom is 0.338 e. The van der Waals surface area contributed by atoms with E-state index in [1.54, 1.807) is 25.4 Å². The summed E-state index contributed by atoms with van der Waals surface area (Å²) >= 11 is 6.09. The summed E-state index contributed by atoms with van der Waals surface area (Å²) in [5.74, 6) is 1.50. The number of imidazole rings is 1. The lowest BCUT2D eigenvalue weighted by molar-refractivity contribution is -0.0717. The molecule has 240 valence electrons. The Hall–Kier alpha value is -4.06. The van der Waals surface area contributed by atoms with Crippen molar-refractivity contribution in [2.24, 2.45) is 0 Å². The molecule has 2 aromatic carbocycles. The minimum atomic E-state index is -1.04. The average Bonchev–Trinajstić information content (AvgIpc) is 3.55. The molecule has 11 nitrogen and oxygen atoms in total. The molecule has 1 aliphatic carbocycles. The van der Waals surface area contributed by atoms with Crippen molar-refractivity contribution in [2.45, 2.75) is 63.3 Å². The Morgan fingerprint density at radius 2 is 1.93 bits per heavy atom. The third-order valence-corrected chi connectivity index (χ3v) is 10.0. The zero-order chi connectivity index (χ0) is 31.6. The highest BCUT2D eigenvalue weighted by atomic mass is 35.5. The van der Waals surface area contributed by atoms with Gasteiger partial charge in [-0.05, 0) is 55.7 Å². The Morgan fingerprint density at radius 3 is 2.63 bits per heavy atom. The van der Waals surface area contributed by atoms with E-state index in [1.807, 2.05) is 31.2 Å². The highest BCUT2D eigenvalue weighted by Crippen LogP contribution is 2.51. The summed E-state index contributed by atoms with van der Waals surface area (Å²) in [7, 11) is 2.99. The first kappa shape index (κ1) is 29.3. The Morgan fingerprint density at radius 1 is 1.09 bits per heavy atom. The van der Waals surface area contributed by atoms with Gasteiger partial charge in [0.25, 0.3) is 5.79 Å². The number of carbonyl (C=O) groups is 1. The van der Waals surface area contributed by atoms with E-state index in [0.29, 0.717) is 53.0 Å². The molecule has 2 saturated heterocycles. The summed E-state index contributed by atoms with van der Waals surface area (Å²) in [6, 6.07) is 14.0. The van der Waals surface area contributed by atoms with Gasteiger partial charge in [-0.25, -0.2) is 9.78 Å². The number of rotatable bonds is 8. The summed E-state index contributed by atoms with van der Waals surface area (Å²) in [5.41, 5.74) is 3.73. The Kier molecular flexibility index (Phi) is 7.23. The summed E-state index contributed by atoms with van der Waals surface area (Å²) in [4.78, 5) is 27.1. The smallest absolute Gasteiger partial charge is 0.338 e. The molecule has 3 aliphatic heterocycles. The molecule has 3 fully saturated rings. The van der Waals surface area contributed by atoms with Crippen molar-refractivity contribution in [1.82, 2.24) is 19.4 Å². The van der Waals surface area contributed by atoms with Crippen LogP contribution in [0.4, 0.5) is 5.69 Å². The molecule has 0 N–H and O–H groups in total. The van der Waals surface area contributed by atoms with Crippen LogP contribution in [-0.2, 0) is 28.4 Å². The van der Waals surface area contributed by atoms with Gasteiger partial charge >= 0.3 is 5.97 Å². The zero-order valence-corrected chi connectivity index (χ0v) is 26.8. The molecule has 12 heteroatoms. The number of anilines is 1. The van der Waals surface area contributed by atoms with Gasteiger partial charge in [0.05, 0.1) is 55.2 Å². The first-order valence-electron chi connectivity index (χ1n) is 15.8. The summed E-state index contributed by atoms with van der Waals surface area (Å²) < 4.78 is 31.6. The second kappa shape index (κ2) is 11.3. The number of ether oxygens (including phenoxy) is 5. The molecule has 0 bridgehead atoms. The molecule has 46 heavy (non-hydrogen) atoms. The fraction of sp³-hybridized carbons (Fsp3) is 0.441. The van der Waals surface area contributed by atoms with Crippen LogP contribution < -0.4 is 19.1 Å². The van der Waals surface area contributed by atoms with E-state index in [9.17, 15) is 4.79 Å². The van der Waals surface area contributed by atoms with Gasteiger partial charge in [0, 0.05) is 44.9 Å². The first-order valence-corrected chi connectivity index (χ1v) is 16.1. The monoisotopic (exact) mass is 645 g/mol. The van der Waals surface area contributed by atoms with Gasteiger partial charge < -0.3 is 33.2 Å². The van der Waals surface area contributed by atoms with E-state index in [4.69, 9.17) is 40.3 Å². The average molecular weight is 646 g/mol. The van der Waals surface area contributed by atoms with Gasteiger partial charge in [-0.1, -0.05) is 17.7 Å². The predicted octanol–water partition coefficient (Wildman–Crippen LogP) is 5.17. The number of hydrogen-bond donors (Lipinski definition) is 0. The third-order valence-electron chi connectivity index (χ3n) is 9.82. The molecule has 2 aromatic heterocycles. The Balaban J connectivity index is 1.07. The number of carbonyl (C=O) groups excluding carboxylic acids is 1. The van der Waals surface area contributed by atoms with Crippen LogP contribution in [0.15, 0.2) is 48.7 Å². The fourth-order valence-corrected chi connectivity index (χ4v) is 7.29. The maximum absolute atomic E-state index is 12.5. The van der Waals surface area contributed by atoms with Crippen molar-refractivity contribution in [2.75, 3.05) is 38.8 Å². The highest BCUT2D eigenvalue weighted by molar-refractivity contribution is 6.30. The topological polar surface area (TPSA) is 100 Å². The third kappa shape index (κ3) is 4.83. The summed E-state index contributed by atoms with van der Waals surface area (Å²) in [5, 5.41) is 0.564. The second-order valence-electron chi connectivity index (χ2n) is 12.4. The quantitative estimate of drug-likeness (QED) is 0.239. The van der Waals surface area contributed by atoms with Gasteiger partial charge in [-0.3, -0.25) is 9.88 Å². The first-order chi connectivity index (χ1) is 22.3. The number of esters is 1. The minimum Gasteiger partial charge on any atom is -0.494 e. The summed E-state index contributed by atoms with van der Waals surface area (Å²) in [6.45, 7) is 5.69. The normalized spacial score (nSPS) is 25.1. The highest BCUT2D eigenvalue weighted by Gasteiger charge is 2.47. The van der Waals surface area contributed by atoms with Crippen molar-refractivity contribution in [3.8, 4) is 17.2 Å².